The number of unbranched alkanes of at least 4 members (excludes halogenated alkanes) is 18. The Balaban J connectivity index is 0. The Morgan fingerprint density at radius 3 is 1.42 bits per heavy atom. The van der Waals surface area contributed by atoms with E-state index in [0.717, 1.165) is 19.3 Å². The molecule has 5 nitrogen and oxygen atoms in total. The molecule has 0 fully saturated rings. The zero-order chi connectivity index (χ0) is 27.0. The molecule has 0 aromatic heterocycles. The number of rotatable bonds is 28. The lowest BCUT2D eigenvalue weighted by Crippen LogP contribution is -2.83. The first-order valence-electron chi connectivity index (χ1n) is 15.9. The van der Waals surface area contributed by atoms with Crippen LogP contribution in [0.5, 0.6) is 0 Å². The Bertz CT molecular complexity index is 422. The summed E-state index contributed by atoms with van der Waals surface area (Å²) in [5, 5.41) is 5.93. The molecule has 0 amide bonds. The van der Waals surface area contributed by atoms with Gasteiger partial charge in [-0.3, -0.25) is 0 Å². The van der Waals surface area contributed by atoms with E-state index in [1.54, 1.807) is 0 Å². The van der Waals surface area contributed by atoms with Crippen LogP contribution in [0.2, 0.25) is 0 Å². The number of nitrogens with two attached hydrogens (primary N) is 1. The van der Waals surface area contributed by atoms with Crippen LogP contribution in [0.4, 0.5) is 0 Å². The highest BCUT2D eigenvalue weighted by Gasteiger charge is 2.04. The number of nitrogens with one attached hydrogen (secondary N) is 1. The van der Waals surface area contributed by atoms with E-state index in [2.05, 4.69) is 35.9 Å². The molecule has 36 heavy (non-hydrogen) atoms. The Hall–Kier alpha value is 0.0700. The predicted octanol–water partition coefficient (Wildman–Crippen LogP) is 7.58. The second-order valence-electron chi connectivity index (χ2n) is 10.5. The van der Waals surface area contributed by atoms with Crippen LogP contribution in [0.3, 0.4) is 0 Å². The molecule has 220 valence electrons. The zero-order valence-electron chi connectivity index (χ0n) is 25.1. The predicted molar refractivity (Wildman–Crippen MR) is 158 cm³/mol. The van der Waals surface area contributed by atoms with Crippen LogP contribution in [0.15, 0.2) is 0 Å². The van der Waals surface area contributed by atoms with Gasteiger partial charge in [-0.25, -0.2) is 0 Å². The van der Waals surface area contributed by atoms with Crippen molar-refractivity contribution in [2.75, 3.05) is 39.5 Å². The van der Waals surface area contributed by atoms with Gasteiger partial charge in [0.1, 0.15) is 7.60 Å². The molecule has 0 aromatic rings. The van der Waals surface area contributed by atoms with E-state index in [4.69, 9.17) is 0 Å². The molecule has 1 atom stereocenters. The maximum Gasteiger partial charge on any atom is 0.134 e. The lowest BCUT2D eigenvalue weighted by molar-refractivity contribution is -0.651. The lowest BCUT2D eigenvalue weighted by atomic mass is 10.1. The molecule has 0 saturated carbocycles. The summed E-state index contributed by atoms with van der Waals surface area (Å²) in [5.74, 6) is 0. The fraction of sp³-hybridized carbons (Fsp3) is 1.00. The van der Waals surface area contributed by atoms with Gasteiger partial charge in [0.05, 0.1) is 13.1 Å². The molecule has 0 bridgehead atoms. The van der Waals surface area contributed by atoms with Crippen molar-refractivity contribution in [3.63, 3.8) is 0 Å². The summed E-state index contributed by atoms with van der Waals surface area (Å²) in [6, 6.07) is 0. The SMILES string of the molecule is CCCCCCCCCCCCNCCC[NH2+]CC.CCCCCCCCCCCCP(=O)([O-])OC. The average Bonchev–Trinajstić information content (AvgIpc) is 2.88. The van der Waals surface area contributed by atoms with Crippen molar-refractivity contribution in [3.05, 3.63) is 0 Å². The molecule has 6 heteroatoms. The summed E-state index contributed by atoms with van der Waals surface area (Å²) in [6.45, 7) is 11.7. The van der Waals surface area contributed by atoms with Gasteiger partial charge in [0.25, 0.3) is 0 Å². The van der Waals surface area contributed by atoms with Gasteiger partial charge in [0.2, 0.25) is 0 Å². The molecule has 0 aliphatic carbocycles. The van der Waals surface area contributed by atoms with Gasteiger partial charge in [-0.15, -0.1) is 0 Å². The van der Waals surface area contributed by atoms with E-state index in [9.17, 15) is 9.46 Å². The van der Waals surface area contributed by atoms with Gasteiger partial charge in [-0.2, -0.15) is 0 Å². The smallest absolute Gasteiger partial charge is 0.134 e. The fourth-order valence-electron chi connectivity index (χ4n) is 4.32. The summed E-state index contributed by atoms with van der Waals surface area (Å²) in [5.41, 5.74) is 0. The third-order valence-corrected chi connectivity index (χ3v) is 8.24. The lowest BCUT2D eigenvalue weighted by Gasteiger charge is -2.20. The van der Waals surface area contributed by atoms with E-state index in [1.165, 1.54) is 149 Å². The quantitative estimate of drug-likeness (QED) is 0.0801. The van der Waals surface area contributed by atoms with Gasteiger partial charge in [0, 0.05) is 26.2 Å². The van der Waals surface area contributed by atoms with Crippen LogP contribution in [0.25, 0.3) is 0 Å². The topological polar surface area (TPSA) is 78.0 Å². The highest BCUT2D eigenvalue weighted by molar-refractivity contribution is 7.51. The molecular weight excluding hydrogens is 467 g/mol. The van der Waals surface area contributed by atoms with Gasteiger partial charge < -0.3 is 24.6 Å². The monoisotopic (exact) mass is 534 g/mol. The van der Waals surface area contributed by atoms with Crippen molar-refractivity contribution in [2.45, 2.75) is 156 Å². The minimum absolute atomic E-state index is 0.194. The molecule has 0 aromatic carbocycles. The molecule has 0 aliphatic heterocycles. The second-order valence-corrected chi connectivity index (χ2v) is 12.5. The van der Waals surface area contributed by atoms with E-state index in [1.807, 2.05) is 0 Å². The van der Waals surface area contributed by atoms with E-state index in [-0.39, 0.29) is 6.16 Å². The number of hydrogen-bond donors (Lipinski definition) is 2. The summed E-state index contributed by atoms with van der Waals surface area (Å²) in [4.78, 5) is 11.0. The van der Waals surface area contributed by atoms with Gasteiger partial charge in [0.15, 0.2) is 0 Å². The third kappa shape index (κ3) is 36.2. The maximum absolute atomic E-state index is 11.0. The van der Waals surface area contributed by atoms with Gasteiger partial charge in [-0.1, -0.05) is 129 Å². The third-order valence-electron chi connectivity index (χ3n) is 6.82. The van der Waals surface area contributed by atoms with Crippen molar-refractivity contribution in [1.29, 1.82) is 0 Å². The second kappa shape index (κ2) is 33.1. The van der Waals surface area contributed by atoms with E-state index in [0.29, 0.717) is 0 Å². The van der Waals surface area contributed by atoms with Crippen molar-refractivity contribution < 1.29 is 19.3 Å². The Morgan fingerprint density at radius 2 is 1.00 bits per heavy atom. The average molecular weight is 535 g/mol. The Morgan fingerprint density at radius 1 is 0.611 bits per heavy atom. The molecule has 3 N–H and O–H groups in total. The molecule has 0 spiro atoms. The number of quaternary nitrogens is 1. The molecular formula is C30H67N2O3P. The minimum Gasteiger partial charge on any atom is -0.779 e. The standard InChI is InChI=1S/C17H38N2.C13H29O3P/c1-3-5-6-7-8-9-10-11-12-13-15-19-17-14-16-18-4-2;1-3-4-5-6-7-8-9-10-11-12-13-17(14,15)16-2/h18-19H,3-17H2,1-2H3;3-13H2,1-2H3,(H,14,15). The first-order valence-corrected chi connectivity index (χ1v) is 17.6. The Kier molecular flexibility index (Phi) is 35.1. The molecule has 0 aliphatic rings. The highest BCUT2D eigenvalue weighted by atomic mass is 31.2. The van der Waals surface area contributed by atoms with Crippen molar-refractivity contribution in [1.82, 2.24) is 5.32 Å². The number of hydrogen-bond acceptors (Lipinski definition) is 4. The highest BCUT2D eigenvalue weighted by Crippen LogP contribution is 2.36. The molecule has 0 heterocycles. The van der Waals surface area contributed by atoms with Crippen LogP contribution in [-0.4, -0.2) is 39.5 Å². The largest absolute Gasteiger partial charge is 0.779 e. The Labute approximate surface area is 227 Å². The fourth-order valence-corrected chi connectivity index (χ4v) is 5.12. The van der Waals surface area contributed by atoms with Crippen LogP contribution in [0.1, 0.15) is 156 Å². The normalized spacial score (nSPS) is 12.8. The van der Waals surface area contributed by atoms with E-state index < -0.39 is 7.60 Å². The van der Waals surface area contributed by atoms with Crippen molar-refractivity contribution >= 4 is 7.60 Å². The van der Waals surface area contributed by atoms with E-state index >= 15 is 0 Å². The van der Waals surface area contributed by atoms with Crippen LogP contribution in [0, 0.1) is 0 Å². The summed E-state index contributed by atoms with van der Waals surface area (Å²) >= 11 is 0. The summed E-state index contributed by atoms with van der Waals surface area (Å²) in [7, 11) is -2.26. The maximum atomic E-state index is 11.0. The summed E-state index contributed by atoms with van der Waals surface area (Å²) < 4.78 is 15.5. The minimum atomic E-state index is -3.50. The first-order chi connectivity index (χ1) is 17.5. The van der Waals surface area contributed by atoms with Gasteiger partial charge >= 0.3 is 0 Å². The summed E-state index contributed by atoms with van der Waals surface area (Å²) in [6.07, 6.45) is 28.0. The van der Waals surface area contributed by atoms with Gasteiger partial charge in [-0.05, 0) is 26.3 Å². The van der Waals surface area contributed by atoms with Crippen LogP contribution < -0.4 is 15.5 Å². The first kappa shape index (κ1) is 38.2. The molecule has 0 saturated heterocycles. The zero-order valence-corrected chi connectivity index (χ0v) is 26.0. The molecule has 0 radical (unpaired) electrons. The van der Waals surface area contributed by atoms with Crippen LogP contribution in [-0.2, 0) is 9.09 Å². The van der Waals surface area contributed by atoms with Crippen molar-refractivity contribution in [3.8, 4) is 0 Å². The van der Waals surface area contributed by atoms with Crippen molar-refractivity contribution in [2.24, 2.45) is 0 Å². The van der Waals surface area contributed by atoms with Crippen LogP contribution >= 0.6 is 7.60 Å². The molecule has 0 rings (SSSR count). The molecule has 1 unspecified atom stereocenters.